The van der Waals surface area contributed by atoms with Crippen molar-refractivity contribution in [2.24, 2.45) is 5.10 Å². The van der Waals surface area contributed by atoms with Crippen LogP contribution in [0, 0.1) is 17.0 Å². The minimum absolute atomic E-state index is 0.125. The molecule has 3 rings (SSSR count). The maximum Gasteiger partial charge on any atom is 0.343 e. The number of esters is 1. The lowest BCUT2D eigenvalue weighted by Gasteiger charge is -2.08. The van der Waals surface area contributed by atoms with Crippen LogP contribution in [0.3, 0.4) is 0 Å². The second kappa shape index (κ2) is 10.9. The summed E-state index contributed by atoms with van der Waals surface area (Å²) < 4.78 is 10.7. The van der Waals surface area contributed by atoms with Crippen LogP contribution in [0.5, 0.6) is 11.5 Å². The molecule has 10 heteroatoms. The molecule has 0 saturated heterocycles. The molecule has 3 aromatic rings. The van der Waals surface area contributed by atoms with Gasteiger partial charge in [0.1, 0.15) is 11.5 Å². The summed E-state index contributed by atoms with van der Waals surface area (Å²) in [5.41, 5.74) is 3.77. The summed E-state index contributed by atoms with van der Waals surface area (Å²) in [7, 11) is 0. The fourth-order valence-electron chi connectivity index (χ4n) is 2.67. The largest absolute Gasteiger partial charge is 0.483 e. The summed E-state index contributed by atoms with van der Waals surface area (Å²) in [6.45, 7) is 1.59. The number of aryl methyl sites for hydroxylation is 1. The van der Waals surface area contributed by atoms with E-state index in [1.807, 2.05) is 6.92 Å². The van der Waals surface area contributed by atoms with Gasteiger partial charge in [-0.05, 0) is 60.5 Å². The third kappa shape index (κ3) is 6.88. The van der Waals surface area contributed by atoms with Crippen molar-refractivity contribution in [3.63, 3.8) is 0 Å². The number of nitrogens with zero attached hydrogens (tertiary/aromatic N) is 2. The van der Waals surface area contributed by atoms with Crippen LogP contribution in [-0.2, 0) is 4.79 Å². The lowest BCUT2D eigenvalue weighted by molar-refractivity contribution is -0.384. The number of ether oxygens (including phenoxy) is 2. The number of amides is 1. The molecule has 0 unspecified atom stereocenters. The van der Waals surface area contributed by atoms with Crippen molar-refractivity contribution in [1.29, 1.82) is 0 Å². The standard InChI is InChI=1S/C23H18ClN3O6/c1-15-11-18(24)7-10-21(15)32-14-22(28)26-25-13-16-3-2-4-20(12-16)33-23(29)17-5-8-19(9-6-17)27(30)31/h2-13H,14H2,1H3,(H,26,28)/b25-13+. The maximum atomic E-state index is 12.2. The minimum atomic E-state index is -0.665. The zero-order chi connectivity index (χ0) is 23.8. The highest BCUT2D eigenvalue weighted by atomic mass is 35.5. The number of hydrogen-bond donors (Lipinski definition) is 1. The molecule has 0 radical (unpaired) electrons. The van der Waals surface area contributed by atoms with Crippen LogP contribution in [0.1, 0.15) is 21.5 Å². The van der Waals surface area contributed by atoms with Gasteiger partial charge in [0.2, 0.25) is 0 Å². The first kappa shape index (κ1) is 23.4. The number of nitro benzene ring substituents is 1. The van der Waals surface area contributed by atoms with Crippen molar-refractivity contribution in [1.82, 2.24) is 5.43 Å². The molecule has 168 valence electrons. The highest BCUT2D eigenvalue weighted by Crippen LogP contribution is 2.21. The number of hydrazone groups is 1. The van der Waals surface area contributed by atoms with Crippen LogP contribution in [0.15, 0.2) is 71.8 Å². The fraction of sp³-hybridized carbons (Fsp3) is 0.0870. The van der Waals surface area contributed by atoms with E-state index in [0.717, 1.165) is 5.56 Å². The number of nitrogens with one attached hydrogen (secondary N) is 1. The molecule has 9 nitrogen and oxygen atoms in total. The summed E-state index contributed by atoms with van der Waals surface area (Å²) in [6.07, 6.45) is 1.38. The first-order valence-electron chi connectivity index (χ1n) is 9.59. The molecule has 0 aliphatic rings. The first-order chi connectivity index (χ1) is 15.8. The average molecular weight is 468 g/mol. The second-order valence-electron chi connectivity index (χ2n) is 6.76. The molecule has 1 N–H and O–H groups in total. The number of carbonyl (C=O) groups is 2. The third-order valence-corrected chi connectivity index (χ3v) is 4.52. The van der Waals surface area contributed by atoms with Gasteiger partial charge in [0.05, 0.1) is 16.7 Å². The van der Waals surface area contributed by atoms with E-state index in [4.69, 9.17) is 21.1 Å². The van der Waals surface area contributed by atoms with E-state index in [2.05, 4.69) is 10.5 Å². The zero-order valence-electron chi connectivity index (χ0n) is 17.4. The van der Waals surface area contributed by atoms with Gasteiger partial charge in [0.25, 0.3) is 11.6 Å². The SMILES string of the molecule is Cc1cc(Cl)ccc1OCC(=O)N/N=C/c1cccc(OC(=O)c2ccc([N+](=O)[O-])cc2)c1. The molecular formula is C23H18ClN3O6. The number of benzene rings is 3. The predicted molar refractivity (Wildman–Crippen MR) is 122 cm³/mol. The van der Waals surface area contributed by atoms with Crippen molar-refractivity contribution in [3.05, 3.63) is 98.6 Å². The molecule has 1 amide bonds. The summed E-state index contributed by atoms with van der Waals surface area (Å²) in [5, 5.41) is 15.1. The Balaban J connectivity index is 1.53. The Morgan fingerprint density at radius 3 is 2.58 bits per heavy atom. The molecule has 0 saturated carbocycles. The van der Waals surface area contributed by atoms with Gasteiger partial charge < -0.3 is 9.47 Å². The molecule has 0 aliphatic heterocycles. The average Bonchev–Trinajstić information content (AvgIpc) is 2.79. The van der Waals surface area contributed by atoms with E-state index in [0.29, 0.717) is 16.3 Å². The van der Waals surface area contributed by atoms with Crippen LogP contribution in [0.4, 0.5) is 5.69 Å². The molecule has 0 aromatic heterocycles. The normalized spacial score (nSPS) is 10.6. The van der Waals surface area contributed by atoms with Gasteiger partial charge in [-0.1, -0.05) is 23.7 Å². The summed E-state index contributed by atoms with van der Waals surface area (Å²) in [6, 6.07) is 16.6. The summed E-state index contributed by atoms with van der Waals surface area (Å²) >= 11 is 5.89. The van der Waals surface area contributed by atoms with Gasteiger partial charge >= 0.3 is 5.97 Å². The van der Waals surface area contributed by atoms with Gasteiger partial charge in [-0.2, -0.15) is 5.10 Å². The number of rotatable bonds is 8. The number of carbonyl (C=O) groups excluding carboxylic acids is 2. The highest BCUT2D eigenvalue weighted by molar-refractivity contribution is 6.30. The molecule has 0 atom stereocenters. The van der Waals surface area contributed by atoms with Crippen molar-refractivity contribution < 1.29 is 24.0 Å². The molecule has 0 heterocycles. The Labute approximate surface area is 193 Å². The van der Waals surface area contributed by atoms with Crippen LogP contribution in [-0.4, -0.2) is 29.6 Å². The van der Waals surface area contributed by atoms with Gasteiger partial charge in [0, 0.05) is 17.2 Å². The molecular weight excluding hydrogens is 450 g/mol. The minimum Gasteiger partial charge on any atom is -0.483 e. The van der Waals surface area contributed by atoms with Crippen LogP contribution < -0.4 is 14.9 Å². The topological polar surface area (TPSA) is 120 Å². The summed E-state index contributed by atoms with van der Waals surface area (Å²) in [5.74, 6) is -0.334. The van der Waals surface area contributed by atoms with Crippen LogP contribution in [0.2, 0.25) is 5.02 Å². The Hall–Kier alpha value is -4.24. The van der Waals surface area contributed by atoms with E-state index in [1.54, 1.807) is 42.5 Å². The number of hydrogen-bond acceptors (Lipinski definition) is 7. The summed E-state index contributed by atoms with van der Waals surface area (Å²) in [4.78, 5) is 34.3. The van der Waals surface area contributed by atoms with E-state index >= 15 is 0 Å². The van der Waals surface area contributed by atoms with E-state index in [9.17, 15) is 19.7 Å². The lowest BCUT2D eigenvalue weighted by Crippen LogP contribution is -2.24. The van der Waals surface area contributed by atoms with Gasteiger partial charge in [-0.25, -0.2) is 10.2 Å². The quantitative estimate of drug-likeness (QED) is 0.173. The molecule has 0 aliphatic carbocycles. The lowest BCUT2D eigenvalue weighted by atomic mass is 10.2. The highest BCUT2D eigenvalue weighted by Gasteiger charge is 2.12. The number of nitro groups is 1. The predicted octanol–water partition coefficient (Wildman–Crippen LogP) is 4.30. The Morgan fingerprint density at radius 2 is 1.88 bits per heavy atom. The van der Waals surface area contributed by atoms with Crippen molar-refractivity contribution in [2.45, 2.75) is 6.92 Å². The van der Waals surface area contributed by atoms with E-state index in [1.165, 1.54) is 30.5 Å². The van der Waals surface area contributed by atoms with Crippen molar-refractivity contribution in [2.75, 3.05) is 6.61 Å². The molecule has 0 fully saturated rings. The zero-order valence-corrected chi connectivity index (χ0v) is 18.1. The monoisotopic (exact) mass is 467 g/mol. The Kier molecular flexibility index (Phi) is 7.72. The number of non-ortho nitro benzene ring substituents is 1. The van der Waals surface area contributed by atoms with E-state index < -0.39 is 16.8 Å². The van der Waals surface area contributed by atoms with Crippen molar-refractivity contribution >= 4 is 35.4 Å². The molecule has 33 heavy (non-hydrogen) atoms. The first-order valence-corrected chi connectivity index (χ1v) is 9.97. The van der Waals surface area contributed by atoms with Crippen molar-refractivity contribution in [3.8, 4) is 11.5 Å². The van der Waals surface area contributed by atoms with Crippen LogP contribution >= 0.6 is 11.6 Å². The number of halogens is 1. The van der Waals surface area contributed by atoms with Gasteiger partial charge in [-0.3, -0.25) is 14.9 Å². The van der Waals surface area contributed by atoms with Gasteiger partial charge in [-0.15, -0.1) is 0 Å². The van der Waals surface area contributed by atoms with Gasteiger partial charge in [0.15, 0.2) is 6.61 Å². The molecule has 0 spiro atoms. The van der Waals surface area contributed by atoms with E-state index in [-0.39, 0.29) is 23.6 Å². The fourth-order valence-corrected chi connectivity index (χ4v) is 2.90. The smallest absolute Gasteiger partial charge is 0.343 e. The molecule has 3 aromatic carbocycles. The van der Waals surface area contributed by atoms with Crippen LogP contribution in [0.25, 0.3) is 0 Å². The maximum absolute atomic E-state index is 12.2. The second-order valence-corrected chi connectivity index (χ2v) is 7.19. The molecule has 0 bridgehead atoms. The third-order valence-electron chi connectivity index (χ3n) is 4.28. The Bertz CT molecular complexity index is 1210. The Morgan fingerprint density at radius 1 is 1.12 bits per heavy atom.